The van der Waals surface area contributed by atoms with Gasteiger partial charge in [0, 0.05) is 25.7 Å². The van der Waals surface area contributed by atoms with Crippen molar-refractivity contribution in [1.29, 1.82) is 0 Å². The van der Waals surface area contributed by atoms with Crippen molar-refractivity contribution in [3.63, 3.8) is 0 Å². The van der Waals surface area contributed by atoms with Gasteiger partial charge in [0.25, 0.3) is 0 Å². The number of nitrogens with zero attached hydrogens (tertiary/aromatic N) is 2. The van der Waals surface area contributed by atoms with Gasteiger partial charge in [0.2, 0.25) is 0 Å². The summed E-state index contributed by atoms with van der Waals surface area (Å²) in [7, 11) is 0. The minimum absolute atomic E-state index is 0.161. The molecule has 1 rings (SSSR count). The second-order valence-corrected chi connectivity index (χ2v) is 3.79. The third kappa shape index (κ3) is 3.70. The van der Waals surface area contributed by atoms with Crippen LogP contribution in [0.15, 0.2) is 0 Å². The molecule has 0 aromatic rings. The van der Waals surface area contributed by atoms with Gasteiger partial charge < -0.3 is 9.64 Å². The number of hydrogen-bond donors (Lipinski definition) is 0. The van der Waals surface area contributed by atoms with Gasteiger partial charge in [0.15, 0.2) is 0 Å². The zero-order valence-corrected chi connectivity index (χ0v) is 9.74. The van der Waals surface area contributed by atoms with E-state index in [0.29, 0.717) is 12.6 Å². The molecule has 0 aromatic carbocycles. The summed E-state index contributed by atoms with van der Waals surface area (Å²) >= 11 is 0. The van der Waals surface area contributed by atoms with Crippen LogP contribution in [-0.2, 0) is 4.74 Å². The van der Waals surface area contributed by atoms with Crippen LogP contribution in [0.5, 0.6) is 0 Å². The van der Waals surface area contributed by atoms with Crippen molar-refractivity contribution >= 4 is 6.09 Å². The molecule has 0 saturated carbocycles. The van der Waals surface area contributed by atoms with Gasteiger partial charge in [-0.1, -0.05) is 6.92 Å². The van der Waals surface area contributed by atoms with E-state index in [1.807, 2.05) is 11.8 Å². The van der Waals surface area contributed by atoms with Crippen LogP contribution in [0, 0.1) is 0 Å². The molecular formula is C11H21N2O2. The quantitative estimate of drug-likeness (QED) is 0.712. The average Bonchev–Trinajstić information content (AvgIpc) is 2.27. The van der Waals surface area contributed by atoms with Gasteiger partial charge in [-0.15, -0.1) is 0 Å². The van der Waals surface area contributed by atoms with Gasteiger partial charge in [-0.05, 0) is 26.2 Å². The lowest BCUT2D eigenvalue weighted by Crippen LogP contribution is -2.45. The predicted molar refractivity (Wildman–Crippen MR) is 58.9 cm³/mol. The molecule has 0 aromatic heterocycles. The second-order valence-electron chi connectivity index (χ2n) is 3.79. The number of ether oxygens (including phenoxy) is 1. The zero-order valence-electron chi connectivity index (χ0n) is 9.74. The first kappa shape index (κ1) is 12.3. The Balaban J connectivity index is 2.50. The standard InChI is InChI=1S/C11H21N2O2/c1-3-9-13(11(14)15-4-2)10-5-7-12-8-6-10/h10H,3-9H2,1-2H3. The molecule has 0 bridgehead atoms. The minimum atomic E-state index is -0.161. The molecule has 1 radical (unpaired) electrons. The van der Waals surface area contributed by atoms with E-state index < -0.39 is 0 Å². The SMILES string of the molecule is CCCN(C(=O)OCC)C1CC[N]CC1. The lowest BCUT2D eigenvalue weighted by Gasteiger charge is -2.33. The molecule has 0 unspecified atom stereocenters. The first-order valence-corrected chi connectivity index (χ1v) is 5.86. The van der Waals surface area contributed by atoms with Crippen LogP contribution in [0.25, 0.3) is 0 Å². The van der Waals surface area contributed by atoms with E-state index in [9.17, 15) is 4.79 Å². The van der Waals surface area contributed by atoms with E-state index in [4.69, 9.17) is 4.74 Å². The molecule has 0 N–H and O–H groups in total. The molecule has 15 heavy (non-hydrogen) atoms. The highest BCUT2D eigenvalue weighted by atomic mass is 16.6. The van der Waals surface area contributed by atoms with Gasteiger partial charge >= 0.3 is 6.09 Å². The van der Waals surface area contributed by atoms with Crippen LogP contribution in [-0.4, -0.2) is 43.3 Å². The van der Waals surface area contributed by atoms with Gasteiger partial charge in [0.05, 0.1) is 6.61 Å². The smallest absolute Gasteiger partial charge is 0.409 e. The lowest BCUT2D eigenvalue weighted by molar-refractivity contribution is 0.0822. The molecule has 1 saturated heterocycles. The van der Waals surface area contributed by atoms with Crippen LogP contribution in [0.3, 0.4) is 0 Å². The zero-order chi connectivity index (χ0) is 11.1. The number of carbonyl (C=O) groups excluding carboxylic acids is 1. The minimum Gasteiger partial charge on any atom is -0.450 e. The van der Waals surface area contributed by atoms with Gasteiger partial charge in [-0.25, -0.2) is 10.1 Å². The summed E-state index contributed by atoms with van der Waals surface area (Å²) in [5.74, 6) is 0. The molecule has 1 heterocycles. The Morgan fingerprint density at radius 2 is 2.07 bits per heavy atom. The molecule has 87 valence electrons. The summed E-state index contributed by atoms with van der Waals surface area (Å²) in [4.78, 5) is 13.6. The summed E-state index contributed by atoms with van der Waals surface area (Å²) in [5, 5.41) is 4.30. The Morgan fingerprint density at radius 3 is 2.60 bits per heavy atom. The first-order chi connectivity index (χ1) is 7.29. The monoisotopic (exact) mass is 213 g/mol. The fourth-order valence-corrected chi connectivity index (χ4v) is 1.92. The molecule has 1 aliphatic rings. The summed E-state index contributed by atoms with van der Waals surface area (Å²) in [6.45, 7) is 6.94. The van der Waals surface area contributed by atoms with Crippen molar-refractivity contribution in [2.75, 3.05) is 26.2 Å². The van der Waals surface area contributed by atoms with Gasteiger partial charge in [0.1, 0.15) is 0 Å². The third-order valence-corrected chi connectivity index (χ3v) is 2.65. The third-order valence-electron chi connectivity index (χ3n) is 2.65. The topological polar surface area (TPSA) is 43.6 Å². The number of hydrogen-bond acceptors (Lipinski definition) is 2. The van der Waals surface area contributed by atoms with Gasteiger partial charge in [-0.2, -0.15) is 0 Å². The normalized spacial score (nSPS) is 17.5. The molecule has 1 amide bonds. The highest BCUT2D eigenvalue weighted by Gasteiger charge is 2.25. The first-order valence-electron chi connectivity index (χ1n) is 5.86. The lowest BCUT2D eigenvalue weighted by atomic mass is 10.1. The number of piperidine rings is 1. The Morgan fingerprint density at radius 1 is 1.40 bits per heavy atom. The number of rotatable bonds is 4. The molecule has 0 atom stereocenters. The van der Waals surface area contributed by atoms with Crippen LogP contribution in [0.1, 0.15) is 33.1 Å². The van der Waals surface area contributed by atoms with Crippen molar-refractivity contribution in [3.05, 3.63) is 0 Å². The molecule has 4 nitrogen and oxygen atoms in total. The number of carbonyl (C=O) groups is 1. The molecule has 0 aliphatic carbocycles. The van der Waals surface area contributed by atoms with Crippen molar-refractivity contribution in [2.45, 2.75) is 39.2 Å². The van der Waals surface area contributed by atoms with Crippen molar-refractivity contribution in [1.82, 2.24) is 10.2 Å². The highest BCUT2D eigenvalue weighted by Crippen LogP contribution is 2.14. The van der Waals surface area contributed by atoms with Crippen molar-refractivity contribution in [2.24, 2.45) is 0 Å². The molecule has 0 spiro atoms. The van der Waals surface area contributed by atoms with E-state index in [1.54, 1.807) is 0 Å². The maximum atomic E-state index is 11.7. The van der Waals surface area contributed by atoms with Crippen LogP contribution >= 0.6 is 0 Å². The van der Waals surface area contributed by atoms with Crippen molar-refractivity contribution in [3.8, 4) is 0 Å². The summed E-state index contributed by atoms with van der Waals surface area (Å²) in [5.41, 5.74) is 0. The Hall–Kier alpha value is -0.770. The Kier molecular flexibility index (Phi) is 5.47. The van der Waals surface area contributed by atoms with Gasteiger partial charge in [-0.3, -0.25) is 0 Å². The molecule has 1 aliphatic heterocycles. The average molecular weight is 213 g/mol. The van der Waals surface area contributed by atoms with E-state index >= 15 is 0 Å². The molecule has 1 fully saturated rings. The van der Waals surface area contributed by atoms with Crippen LogP contribution in [0.4, 0.5) is 4.79 Å². The summed E-state index contributed by atoms with van der Waals surface area (Å²) in [6.07, 6.45) is 2.79. The fraction of sp³-hybridized carbons (Fsp3) is 0.909. The number of amides is 1. The largest absolute Gasteiger partial charge is 0.450 e. The maximum Gasteiger partial charge on any atom is 0.409 e. The van der Waals surface area contributed by atoms with E-state index in [0.717, 1.165) is 38.9 Å². The second kappa shape index (κ2) is 6.67. The van der Waals surface area contributed by atoms with E-state index in [-0.39, 0.29) is 6.09 Å². The Labute approximate surface area is 92.0 Å². The van der Waals surface area contributed by atoms with E-state index in [2.05, 4.69) is 12.2 Å². The van der Waals surface area contributed by atoms with Crippen molar-refractivity contribution < 1.29 is 9.53 Å². The van der Waals surface area contributed by atoms with Crippen LogP contribution < -0.4 is 5.32 Å². The summed E-state index contributed by atoms with van der Waals surface area (Å²) in [6, 6.07) is 0.335. The Bertz CT molecular complexity index is 191. The maximum absolute atomic E-state index is 11.7. The van der Waals surface area contributed by atoms with E-state index in [1.165, 1.54) is 0 Å². The fourth-order valence-electron chi connectivity index (χ4n) is 1.92. The molecular weight excluding hydrogens is 192 g/mol. The molecule has 4 heteroatoms. The van der Waals surface area contributed by atoms with Crippen LogP contribution in [0.2, 0.25) is 0 Å². The predicted octanol–water partition coefficient (Wildman–Crippen LogP) is 1.62. The highest BCUT2D eigenvalue weighted by molar-refractivity contribution is 5.68. The summed E-state index contributed by atoms with van der Waals surface area (Å²) < 4.78 is 5.07.